The van der Waals surface area contributed by atoms with E-state index in [0.717, 1.165) is 14.2 Å². The molecule has 0 saturated carbocycles. The van der Waals surface area contributed by atoms with Gasteiger partial charge in [-0.3, -0.25) is 9.59 Å². The standard InChI is InChI=1S/C22H24N2O6/c1-21(19(27)29-3,23-17(25)15-11-7-5-8-12-15)22(2,20(28)30-4)24-18(26)16-13-9-6-10-14-16/h5-14H,1-4H3,(H,23,25)(H,24,26)/t21-,22+. The molecule has 0 aromatic heterocycles. The van der Waals surface area contributed by atoms with Crippen molar-refractivity contribution in [3.05, 3.63) is 71.8 Å². The van der Waals surface area contributed by atoms with Crippen LogP contribution in [0.1, 0.15) is 34.6 Å². The lowest BCUT2D eigenvalue weighted by atomic mass is 9.78. The maximum Gasteiger partial charge on any atom is 0.334 e. The van der Waals surface area contributed by atoms with Crippen LogP contribution in [0.15, 0.2) is 60.7 Å². The Balaban J connectivity index is 2.51. The first-order chi connectivity index (χ1) is 14.2. The van der Waals surface area contributed by atoms with Gasteiger partial charge in [0.25, 0.3) is 11.8 Å². The summed E-state index contributed by atoms with van der Waals surface area (Å²) in [7, 11) is 2.23. The van der Waals surface area contributed by atoms with Gasteiger partial charge in [-0.15, -0.1) is 0 Å². The van der Waals surface area contributed by atoms with Gasteiger partial charge in [-0.2, -0.15) is 0 Å². The molecular weight excluding hydrogens is 388 g/mol. The highest BCUT2D eigenvalue weighted by molar-refractivity contribution is 6.05. The van der Waals surface area contributed by atoms with E-state index < -0.39 is 34.8 Å². The molecule has 0 saturated heterocycles. The van der Waals surface area contributed by atoms with Gasteiger partial charge in [0.1, 0.15) is 0 Å². The fourth-order valence-electron chi connectivity index (χ4n) is 2.95. The van der Waals surface area contributed by atoms with E-state index in [0.29, 0.717) is 0 Å². The minimum absolute atomic E-state index is 0.259. The third kappa shape index (κ3) is 4.32. The molecule has 158 valence electrons. The second-order valence-electron chi connectivity index (χ2n) is 6.87. The van der Waals surface area contributed by atoms with Crippen molar-refractivity contribution in [1.29, 1.82) is 0 Å². The van der Waals surface area contributed by atoms with E-state index in [-0.39, 0.29) is 11.1 Å². The highest BCUT2D eigenvalue weighted by atomic mass is 16.5. The number of hydrogen-bond donors (Lipinski definition) is 2. The van der Waals surface area contributed by atoms with Gasteiger partial charge in [0.2, 0.25) is 0 Å². The van der Waals surface area contributed by atoms with Crippen LogP contribution in [0.25, 0.3) is 0 Å². The zero-order chi connectivity index (χ0) is 22.4. The molecule has 2 amide bonds. The molecule has 2 atom stereocenters. The number of carbonyl (C=O) groups is 4. The first-order valence-electron chi connectivity index (χ1n) is 9.11. The van der Waals surface area contributed by atoms with E-state index in [4.69, 9.17) is 9.47 Å². The molecule has 0 radical (unpaired) electrons. The van der Waals surface area contributed by atoms with E-state index in [9.17, 15) is 19.2 Å². The molecule has 0 heterocycles. The highest BCUT2D eigenvalue weighted by Crippen LogP contribution is 2.27. The van der Waals surface area contributed by atoms with Crippen LogP contribution in [-0.2, 0) is 19.1 Å². The normalized spacial score (nSPS) is 14.4. The molecule has 0 aliphatic rings. The Labute approximate surface area is 174 Å². The summed E-state index contributed by atoms with van der Waals surface area (Å²) in [6, 6.07) is 16.3. The van der Waals surface area contributed by atoms with Gasteiger partial charge in [-0.05, 0) is 38.1 Å². The first kappa shape index (κ1) is 22.6. The van der Waals surface area contributed by atoms with Crippen LogP contribution in [0.2, 0.25) is 0 Å². The predicted molar refractivity (Wildman–Crippen MR) is 109 cm³/mol. The molecule has 2 aromatic rings. The minimum Gasteiger partial charge on any atom is -0.467 e. The maximum absolute atomic E-state index is 12.8. The van der Waals surface area contributed by atoms with Gasteiger partial charge in [-0.25, -0.2) is 9.59 Å². The molecular formula is C22H24N2O6. The summed E-state index contributed by atoms with van der Waals surface area (Å²) in [5.41, 5.74) is -3.47. The first-order valence-corrected chi connectivity index (χ1v) is 9.11. The minimum atomic E-state index is -1.99. The molecule has 30 heavy (non-hydrogen) atoms. The molecule has 2 rings (SSSR count). The second-order valence-corrected chi connectivity index (χ2v) is 6.87. The van der Waals surface area contributed by atoms with Crippen LogP contribution in [0.3, 0.4) is 0 Å². The average Bonchev–Trinajstić information content (AvgIpc) is 2.78. The Kier molecular flexibility index (Phi) is 6.94. The molecule has 0 aliphatic carbocycles. The van der Waals surface area contributed by atoms with E-state index in [1.165, 1.54) is 13.8 Å². The Hall–Kier alpha value is -3.68. The maximum atomic E-state index is 12.8. The van der Waals surface area contributed by atoms with E-state index >= 15 is 0 Å². The number of methoxy groups -OCH3 is 2. The third-order valence-electron chi connectivity index (χ3n) is 4.99. The van der Waals surface area contributed by atoms with Gasteiger partial charge < -0.3 is 20.1 Å². The lowest BCUT2D eigenvalue weighted by molar-refractivity contribution is -0.162. The number of rotatable bonds is 7. The molecule has 0 unspecified atom stereocenters. The fourth-order valence-corrected chi connectivity index (χ4v) is 2.95. The van der Waals surface area contributed by atoms with Crippen LogP contribution in [-0.4, -0.2) is 49.1 Å². The fraction of sp³-hybridized carbons (Fsp3) is 0.273. The van der Waals surface area contributed by atoms with Gasteiger partial charge >= 0.3 is 11.9 Å². The van der Waals surface area contributed by atoms with Gasteiger partial charge in [0, 0.05) is 11.1 Å². The summed E-state index contributed by atoms with van der Waals surface area (Å²) >= 11 is 0. The summed E-state index contributed by atoms with van der Waals surface area (Å²) in [5, 5.41) is 5.09. The topological polar surface area (TPSA) is 111 Å². The second kappa shape index (κ2) is 9.21. The third-order valence-corrected chi connectivity index (χ3v) is 4.99. The summed E-state index contributed by atoms with van der Waals surface area (Å²) < 4.78 is 9.74. The molecule has 0 spiro atoms. The van der Waals surface area contributed by atoms with Crippen LogP contribution in [0, 0.1) is 0 Å². The molecule has 2 aromatic carbocycles. The zero-order valence-electron chi connectivity index (χ0n) is 17.2. The van der Waals surface area contributed by atoms with Crippen molar-refractivity contribution in [3.8, 4) is 0 Å². The molecule has 0 bridgehead atoms. The summed E-state index contributed by atoms with van der Waals surface area (Å²) in [6.45, 7) is 2.59. The number of carbonyl (C=O) groups excluding carboxylic acids is 4. The van der Waals surface area contributed by atoms with E-state index in [1.54, 1.807) is 60.7 Å². The van der Waals surface area contributed by atoms with Crippen molar-refractivity contribution >= 4 is 23.8 Å². The van der Waals surface area contributed by atoms with E-state index in [2.05, 4.69) is 10.6 Å². The van der Waals surface area contributed by atoms with Crippen LogP contribution in [0.4, 0.5) is 0 Å². The number of nitrogens with one attached hydrogen (secondary N) is 2. The lowest BCUT2D eigenvalue weighted by Gasteiger charge is -2.42. The largest absolute Gasteiger partial charge is 0.467 e. The molecule has 2 N–H and O–H groups in total. The summed E-state index contributed by atoms with van der Waals surface area (Å²) in [4.78, 5) is 51.2. The Morgan fingerprint density at radius 2 is 0.933 bits per heavy atom. The number of benzene rings is 2. The van der Waals surface area contributed by atoms with Crippen molar-refractivity contribution in [2.24, 2.45) is 0 Å². The van der Waals surface area contributed by atoms with Gasteiger partial charge in [0.05, 0.1) is 14.2 Å². The van der Waals surface area contributed by atoms with Crippen LogP contribution < -0.4 is 10.6 Å². The monoisotopic (exact) mass is 412 g/mol. The SMILES string of the molecule is COC(=O)[C@](C)(NC(=O)c1ccccc1)[C@](C)(NC(=O)c1ccccc1)C(=O)OC. The molecule has 8 nitrogen and oxygen atoms in total. The van der Waals surface area contributed by atoms with Crippen molar-refractivity contribution in [2.45, 2.75) is 24.9 Å². The lowest BCUT2D eigenvalue weighted by Crippen LogP contribution is -2.75. The number of esters is 2. The van der Waals surface area contributed by atoms with Crippen molar-refractivity contribution in [1.82, 2.24) is 10.6 Å². The Bertz CT molecular complexity index is 854. The number of ether oxygens (including phenoxy) is 2. The van der Waals surface area contributed by atoms with Crippen LogP contribution in [0.5, 0.6) is 0 Å². The highest BCUT2D eigenvalue weighted by Gasteiger charge is 2.59. The smallest absolute Gasteiger partial charge is 0.334 e. The quantitative estimate of drug-likeness (QED) is 0.670. The van der Waals surface area contributed by atoms with Crippen molar-refractivity contribution in [3.63, 3.8) is 0 Å². The van der Waals surface area contributed by atoms with Crippen LogP contribution >= 0.6 is 0 Å². The van der Waals surface area contributed by atoms with E-state index in [1.807, 2.05) is 0 Å². The van der Waals surface area contributed by atoms with Crippen molar-refractivity contribution < 1.29 is 28.7 Å². The predicted octanol–water partition coefficient (Wildman–Crippen LogP) is 1.71. The van der Waals surface area contributed by atoms with Gasteiger partial charge in [0.15, 0.2) is 11.1 Å². The molecule has 0 aliphatic heterocycles. The Morgan fingerprint density at radius 3 is 1.20 bits per heavy atom. The summed E-state index contributed by atoms with van der Waals surface area (Å²) in [6.07, 6.45) is 0. The average molecular weight is 412 g/mol. The number of hydrogen-bond acceptors (Lipinski definition) is 6. The number of amides is 2. The zero-order valence-corrected chi connectivity index (χ0v) is 17.2. The molecule has 8 heteroatoms. The van der Waals surface area contributed by atoms with Crippen molar-refractivity contribution in [2.75, 3.05) is 14.2 Å². The van der Waals surface area contributed by atoms with Gasteiger partial charge in [-0.1, -0.05) is 36.4 Å². The molecule has 0 fully saturated rings. The summed E-state index contributed by atoms with van der Waals surface area (Å²) in [5.74, 6) is -3.14. The Morgan fingerprint density at radius 1 is 0.633 bits per heavy atom.